The van der Waals surface area contributed by atoms with E-state index in [0.717, 1.165) is 6.42 Å². The molecule has 0 radical (unpaired) electrons. The zero-order chi connectivity index (χ0) is 16.1. The number of likely N-dealkylation sites (tertiary alicyclic amines) is 1. The van der Waals surface area contributed by atoms with E-state index in [1.54, 1.807) is 25.3 Å². The Morgan fingerprint density at radius 2 is 2.27 bits per heavy atom. The lowest BCUT2D eigenvalue weighted by Crippen LogP contribution is -2.40. The first kappa shape index (κ1) is 16.4. The summed E-state index contributed by atoms with van der Waals surface area (Å²) < 4.78 is 5.21. The molecule has 0 aromatic heterocycles. The van der Waals surface area contributed by atoms with Gasteiger partial charge >= 0.3 is 5.97 Å². The van der Waals surface area contributed by atoms with Crippen LogP contribution in [0.4, 0.5) is 5.69 Å². The number of halogens is 1. The van der Waals surface area contributed by atoms with Crippen LogP contribution in [0.15, 0.2) is 18.2 Å². The number of hydrogen-bond acceptors (Lipinski definition) is 4. The molecule has 1 aromatic rings. The van der Waals surface area contributed by atoms with E-state index in [9.17, 15) is 9.59 Å². The molecule has 120 valence electrons. The quantitative estimate of drug-likeness (QED) is 0.838. The van der Waals surface area contributed by atoms with Gasteiger partial charge < -0.3 is 20.1 Å². The number of hydrogen-bond donors (Lipinski definition) is 2. The lowest BCUT2D eigenvalue weighted by molar-refractivity contribution is -0.148. The molecular formula is C15H19ClN2O4. The summed E-state index contributed by atoms with van der Waals surface area (Å²) in [5, 5.41) is 12.8. The monoisotopic (exact) mass is 326 g/mol. The molecule has 1 aromatic carbocycles. The molecule has 1 heterocycles. The van der Waals surface area contributed by atoms with E-state index in [4.69, 9.17) is 21.4 Å². The second-order valence-corrected chi connectivity index (χ2v) is 5.54. The lowest BCUT2D eigenvalue weighted by Gasteiger charge is -2.21. The maximum Gasteiger partial charge on any atom is 0.326 e. The molecular weight excluding hydrogens is 308 g/mol. The average Bonchev–Trinajstić information content (AvgIpc) is 2.97. The van der Waals surface area contributed by atoms with Crippen molar-refractivity contribution >= 4 is 29.2 Å². The summed E-state index contributed by atoms with van der Waals surface area (Å²) in [4.78, 5) is 24.7. The standard InChI is InChI=1S/C15H19ClN2O4/c1-22-13-5-4-10(16)9-11(13)17-7-6-14(19)18-8-2-3-12(18)15(20)21/h4-5,9,12,17H,2-3,6-8H2,1H3,(H,20,21)/t12-/m0/s1. The number of aliphatic carboxylic acids is 1. The molecule has 1 aliphatic heterocycles. The molecule has 0 unspecified atom stereocenters. The van der Waals surface area contributed by atoms with Crippen LogP contribution in [0.1, 0.15) is 19.3 Å². The molecule has 6 nitrogen and oxygen atoms in total. The Balaban J connectivity index is 1.90. The molecule has 22 heavy (non-hydrogen) atoms. The Morgan fingerprint density at radius 1 is 1.50 bits per heavy atom. The van der Waals surface area contributed by atoms with Gasteiger partial charge in [0, 0.05) is 24.5 Å². The number of nitrogens with zero attached hydrogens (tertiary/aromatic N) is 1. The van der Waals surface area contributed by atoms with E-state index in [2.05, 4.69) is 5.32 Å². The highest BCUT2D eigenvalue weighted by Crippen LogP contribution is 2.27. The van der Waals surface area contributed by atoms with E-state index in [-0.39, 0.29) is 12.3 Å². The van der Waals surface area contributed by atoms with Crippen molar-refractivity contribution in [2.24, 2.45) is 0 Å². The lowest BCUT2D eigenvalue weighted by atomic mass is 10.2. The normalized spacial score (nSPS) is 17.4. The van der Waals surface area contributed by atoms with Crippen LogP contribution in [-0.2, 0) is 9.59 Å². The molecule has 1 saturated heterocycles. The van der Waals surface area contributed by atoms with Crippen LogP contribution < -0.4 is 10.1 Å². The maximum atomic E-state index is 12.1. The number of rotatable bonds is 6. The van der Waals surface area contributed by atoms with Crippen LogP contribution in [0, 0.1) is 0 Å². The van der Waals surface area contributed by atoms with Crippen molar-refractivity contribution < 1.29 is 19.4 Å². The fraction of sp³-hybridized carbons (Fsp3) is 0.467. The van der Waals surface area contributed by atoms with E-state index >= 15 is 0 Å². The largest absolute Gasteiger partial charge is 0.495 e. The van der Waals surface area contributed by atoms with Crippen LogP contribution in [-0.4, -0.2) is 48.1 Å². The first-order valence-electron chi connectivity index (χ1n) is 7.12. The number of amides is 1. The molecule has 1 fully saturated rings. The number of benzene rings is 1. The third-order valence-corrected chi connectivity index (χ3v) is 3.91. The molecule has 1 amide bonds. The van der Waals surface area contributed by atoms with E-state index < -0.39 is 12.0 Å². The van der Waals surface area contributed by atoms with Crippen molar-refractivity contribution in [1.82, 2.24) is 4.90 Å². The number of nitrogens with one attached hydrogen (secondary N) is 1. The van der Waals surface area contributed by atoms with Crippen molar-refractivity contribution in [3.05, 3.63) is 23.2 Å². The van der Waals surface area contributed by atoms with Gasteiger partial charge in [-0.2, -0.15) is 0 Å². The van der Waals surface area contributed by atoms with E-state index in [1.807, 2.05) is 0 Å². The minimum atomic E-state index is -0.935. The van der Waals surface area contributed by atoms with Crippen LogP contribution in [0.5, 0.6) is 5.75 Å². The minimum Gasteiger partial charge on any atom is -0.495 e. The second-order valence-electron chi connectivity index (χ2n) is 5.10. The van der Waals surface area contributed by atoms with Crippen molar-refractivity contribution in [2.45, 2.75) is 25.3 Å². The summed E-state index contributed by atoms with van der Waals surface area (Å²) in [5.74, 6) is -0.449. The van der Waals surface area contributed by atoms with Crippen LogP contribution >= 0.6 is 11.6 Å². The Morgan fingerprint density at radius 3 is 2.95 bits per heavy atom. The molecule has 1 atom stereocenters. The molecule has 0 aliphatic carbocycles. The second kappa shape index (κ2) is 7.35. The highest BCUT2D eigenvalue weighted by molar-refractivity contribution is 6.30. The topological polar surface area (TPSA) is 78.9 Å². The van der Waals surface area contributed by atoms with Gasteiger partial charge in [0.25, 0.3) is 0 Å². The van der Waals surface area contributed by atoms with Crippen molar-refractivity contribution in [1.29, 1.82) is 0 Å². The highest BCUT2D eigenvalue weighted by Gasteiger charge is 2.33. The number of methoxy groups -OCH3 is 1. The van der Waals surface area contributed by atoms with Crippen molar-refractivity contribution in [3.8, 4) is 5.75 Å². The van der Waals surface area contributed by atoms with Crippen LogP contribution in [0.25, 0.3) is 0 Å². The number of carboxylic acids is 1. The van der Waals surface area contributed by atoms with E-state index in [0.29, 0.717) is 36.0 Å². The van der Waals surface area contributed by atoms with Crippen LogP contribution in [0.2, 0.25) is 5.02 Å². The predicted octanol–water partition coefficient (Wildman–Crippen LogP) is 2.23. The summed E-state index contributed by atoms with van der Waals surface area (Å²) in [6.45, 7) is 0.897. The van der Waals surface area contributed by atoms with Gasteiger partial charge in [0.2, 0.25) is 5.91 Å². The first-order chi connectivity index (χ1) is 10.5. The molecule has 2 rings (SSSR count). The molecule has 0 saturated carbocycles. The van der Waals surface area contributed by atoms with Gasteiger partial charge in [0.1, 0.15) is 11.8 Å². The molecule has 1 aliphatic rings. The number of ether oxygens (including phenoxy) is 1. The SMILES string of the molecule is COc1ccc(Cl)cc1NCCC(=O)N1CCC[C@H]1C(=O)O. The van der Waals surface area contributed by atoms with Crippen molar-refractivity contribution in [3.63, 3.8) is 0 Å². The van der Waals surface area contributed by atoms with Gasteiger partial charge in [-0.3, -0.25) is 4.79 Å². The van der Waals surface area contributed by atoms with Gasteiger partial charge in [0.05, 0.1) is 12.8 Å². The Kier molecular flexibility index (Phi) is 5.49. The molecule has 7 heteroatoms. The Hall–Kier alpha value is -1.95. The summed E-state index contributed by atoms with van der Waals surface area (Å²) >= 11 is 5.94. The third-order valence-electron chi connectivity index (χ3n) is 3.67. The maximum absolute atomic E-state index is 12.1. The minimum absolute atomic E-state index is 0.154. The fourth-order valence-electron chi connectivity index (χ4n) is 2.59. The van der Waals surface area contributed by atoms with Gasteiger partial charge in [-0.05, 0) is 31.0 Å². The zero-order valence-electron chi connectivity index (χ0n) is 12.3. The third kappa shape index (κ3) is 3.82. The summed E-state index contributed by atoms with van der Waals surface area (Å²) in [7, 11) is 1.56. The zero-order valence-corrected chi connectivity index (χ0v) is 13.1. The predicted molar refractivity (Wildman–Crippen MR) is 83.5 cm³/mol. The summed E-state index contributed by atoms with van der Waals surface area (Å²) in [6.07, 6.45) is 1.48. The Labute approximate surface area is 134 Å². The number of carboxylic acid groups (broad SMARTS) is 1. The van der Waals surface area contributed by atoms with Gasteiger partial charge in [-0.25, -0.2) is 4.79 Å². The van der Waals surface area contributed by atoms with Gasteiger partial charge in [-0.15, -0.1) is 0 Å². The number of anilines is 1. The summed E-state index contributed by atoms with van der Waals surface area (Å²) in [6, 6.07) is 4.50. The molecule has 2 N–H and O–H groups in total. The first-order valence-corrected chi connectivity index (χ1v) is 7.50. The molecule has 0 spiro atoms. The molecule has 0 bridgehead atoms. The average molecular weight is 327 g/mol. The number of carbonyl (C=O) groups excluding carboxylic acids is 1. The van der Waals surface area contributed by atoms with E-state index in [1.165, 1.54) is 4.90 Å². The van der Waals surface area contributed by atoms with Gasteiger partial charge in [-0.1, -0.05) is 11.6 Å². The smallest absolute Gasteiger partial charge is 0.326 e. The van der Waals surface area contributed by atoms with Crippen molar-refractivity contribution in [2.75, 3.05) is 25.5 Å². The van der Waals surface area contributed by atoms with Gasteiger partial charge in [0.15, 0.2) is 0 Å². The Bertz CT molecular complexity index is 564. The number of carbonyl (C=O) groups is 2. The summed E-state index contributed by atoms with van der Waals surface area (Å²) in [5.41, 5.74) is 0.707. The van der Waals surface area contributed by atoms with Crippen LogP contribution in [0.3, 0.4) is 0 Å². The fourth-order valence-corrected chi connectivity index (χ4v) is 2.76. The highest BCUT2D eigenvalue weighted by atomic mass is 35.5.